The number of hydrogen-bond acceptors (Lipinski definition) is 4. The van der Waals surface area contributed by atoms with Crippen LogP contribution < -0.4 is 5.32 Å². The smallest absolute Gasteiger partial charge is 0.411 e. The van der Waals surface area contributed by atoms with Gasteiger partial charge in [-0.1, -0.05) is 30.3 Å². The Morgan fingerprint density at radius 1 is 1.19 bits per heavy atom. The van der Waals surface area contributed by atoms with Crippen LogP contribution in [0.5, 0.6) is 0 Å². The number of fused-ring (bicyclic) bond motifs is 1. The molecule has 3 rings (SSSR count). The van der Waals surface area contributed by atoms with Crippen molar-refractivity contribution in [2.24, 2.45) is 0 Å². The van der Waals surface area contributed by atoms with Crippen LogP contribution >= 0.6 is 11.3 Å². The molecule has 1 aromatic carbocycles. The normalized spacial score (nSPS) is 16.7. The van der Waals surface area contributed by atoms with E-state index < -0.39 is 17.7 Å². The summed E-state index contributed by atoms with van der Waals surface area (Å²) in [4.78, 5) is 28.1. The fraction of sp³-hybridized carbons (Fsp3) is 0.400. The molecule has 26 heavy (non-hydrogen) atoms. The molecular weight excluding hydrogens is 348 g/mol. The van der Waals surface area contributed by atoms with Crippen molar-refractivity contribution in [3.05, 3.63) is 57.8 Å². The zero-order chi connectivity index (χ0) is 18.7. The van der Waals surface area contributed by atoms with Gasteiger partial charge in [-0.15, -0.1) is 11.3 Å². The lowest BCUT2D eigenvalue weighted by Gasteiger charge is -2.36. The van der Waals surface area contributed by atoms with Crippen LogP contribution in [0, 0.1) is 0 Å². The molecule has 138 valence electrons. The van der Waals surface area contributed by atoms with E-state index in [0.717, 1.165) is 16.0 Å². The molecule has 0 saturated carbocycles. The van der Waals surface area contributed by atoms with Crippen molar-refractivity contribution >= 4 is 23.3 Å². The quantitative estimate of drug-likeness (QED) is 0.893. The summed E-state index contributed by atoms with van der Waals surface area (Å²) in [5.74, 6) is -0.154. The fourth-order valence-electron chi connectivity index (χ4n) is 2.97. The molecule has 1 aromatic heterocycles. The lowest BCUT2D eigenvalue weighted by molar-refractivity contribution is -0.127. The molecule has 2 aromatic rings. The zero-order valence-electron chi connectivity index (χ0n) is 15.3. The monoisotopic (exact) mass is 372 g/mol. The lowest BCUT2D eigenvalue weighted by Crippen LogP contribution is -2.53. The maximum Gasteiger partial charge on any atom is 0.411 e. The van der Waals surface area contributed by atoms with Gasteiger partial charge in [-0.2, -0.15) is 0 Å². The Hall–Kier alpha value is -2.34. The predicted molar refractivity (Wildman–Crippen MR) is 102 cm³/mol. The number of carbonyl (C=O) groups excluding carboxylic acids is 2. The van der Waals surface area contributed by atoms with E-state index in [0.29, 0.717) is 19.5 Å². The van der Waals surface area contributed by atoms with Crippen LogP contribution in [0.2, 0.25) is 0 Å². The van der Waals surface area contributed by atoms with Crippen LogP contribution in [-0.2, 0) is 29.0 Å². The first-order valence-corrected chi connectivity index (χ1v) is 9.58. The largest absolute Gasteiger partial charge is 0.444 e. The molecule has 5 nitrogen and oxygen atoms in total. The number of hydrogen-bond donors (Lipinski definition) is 1. The molecule has 1 N–H and O–H groups in total. The van der Waals surface area contributed by atoms with E-state index >= 15 is 0 Å². The summed E-state index contributed by atoms with van der Waals surface area (Å²) in [6.07, 6.45) is 0.0365. The number of nitrogens with zero attached hydrogens (tertiary/aromatic N) is 1. The predicted octanol–water partition coefficient (Wildman–Crippen LogP) is 3.73. The van der Waals surface area contributed by atoms with E-state index in [1.54, 1.807) is 11.3 Å². The summed E-state index contributed by atoms with van der Waals surface area (Å²) >= 11 is 1.60. The van der Waals surface area contributed by atoms with Crippen molar-refractivity contribution in [2.75, 3.05) is 0 Å². The van der Waals surface area contributed by atoms with Gasteiger partial charge in [0.05, 0.1) is 13.1 Å². The standard InChI is InChI=1S/C20H24N2O3S/c1-20(2,3)25-19(24)22-13-15-8-5-4-7-14(15)11-17(22)18(23)21-12-16-9-6-10-26-16/h4-10,17H,11-13H2,1-3H3,(H,21,23)/t17-/m1/s1. The van der Waals surface area contributed by atoms with Crippen molar-refractivity contribution in [1.82, 2.24) is 10.2 Å². The first-order chi connectivity index (χ1) is 12.3. The van der Waals surface area contributed by atoms with E-state index in [1.807, 2.05) is 62.5 Å². The Morgan fingerprint density at radius 2 is 1.92 bits per heavy atom. The topological polar surface area (TPSA) is 58.6 Å². The summed E-state index contributed by atoms with van der Waals surface area (Å²) in [7, 11) is 0. The first kappa shape index (κ1) is 18.5. The number of carbonyl (C=O) groups is 2. The van der Waals surface area contributed by atoms with Crippen LogP contribution in [0.25, 0.3) is 0 Å². The molecule has 0 aliphatic carbocycles. The highest BCUT2D eigenvalue weighted by Crippen LogP contribution is 2.25. The Balaban J connectivity index is 1.78. The summed E-state index contributed by atoms with van der Waals surface area (Å²) in [5.41, 5.74) is 1.55. The number of benzene rings is 1. The summed E-state index contributed by atoms with van der Waals surface area (Å²) in [6.45, 7) is 6.33. The van der Waals surface area contributed by atoms with Crippen molar-refractivity contribution in [3.63, 3.8) is 0 Å². The molecule has 0 fully saturated rings. The fourth-order valence-corrected chi connectivity index (χ4v) is 3.62. The Kier molecular flexibility index (Phi) is 5.32. The van der Waals surface area contributed by atoms with Crippen molar-refractivity contribution in [3.8, 4) is 0 Å². The van der Waals surface area contributed by atoms with E-state index in [9.17, 15) is 9.59 Å². The summed E-state index contributed by atoms with van der Waals surface area (Å²) in [6, 6.07) is 11.3. The molecule has 0 bridgehead atoms. The van der Waals surface area contributed by atoms with E-state index in [2.05, 4.69) is 5.32 Å². The van der Waals surface area contributed by atoms with Crippen LogP contribution in [0.1, 0.15) is 36.8 Å². The van der Waals surface area contributed by atoms with Gasteiger partial charge in [0.15, 0.2) is 0 Å². The Morgan fingerprint density at radius 3 is 2.58 bits per heavy atom. The minimum Gasteiger partial charge on any atom is -0.444 e. The number of amides is 2. The van der Waals surface area contributed by atoms with Gasteiger partial charge < -0.3 is 10.1 Å². The van der Waals surface area contributed by atoms with Gasteiger partial charge in [0.1, 0.15) is 11.6 Å². The Labute approximate surface area is 158 Å². The highest BCUT2D eigenvalue weighted by molar-refractivity contribution is 7.09. The van der Waals surface area contributed by atoms with Gasteiger partial charge in [0.25, 0.3) is 0 Å². The molecule has 2 amide bonds. The second-order valence-corrected chi connectivity index (χ2v) is 8.43. The number of thiophene rings is 1. The van der Waals surface area contributed by atoms with Gasteiger partial charge in [0.2, 0.25) is 5.91 Å². The minimum atomic E-state index is -0.605. The van der Waals surface area contributed by atoms with Crippen LogP contribution in [0.3, 0.4) is 0 Å². The molecule has 1 aliphatic heterocycles. The highest BCUT2D eigenvalue weighted by atomic mass is 32.1. The molecule has 1 atom stereocenters. The molecule has 2 heterocycles. The minimum absolute atomic E-state index is 0.154. The van der Waals surface area contributed by atoms with Crippen molar-refractivity contribution < 1.29 is 14.3 Å². The maximum absolute atomic E-state index is 12.8. The number of rotatable bonds is 3. The zero-order valence-corrected chi connectivity index (χ0v) is 16.1. The van der Waals surface area contributed by atoms with Crippen molar-refractivity contribution in [1.29, 1.82) is 0 Å². The molecule has 6 heteroatoms. The molecule has 0 spiro atoms. The van der Waals surface area contributed by atoms with Gasteiger partial charge >= 0.3 is 6.09 Å². The van der Waals surface area contributed by atoms with Crippen LogP contribution in [0.4, 0.5) is 4.79 Å². The maximum atomic E-state index is 12.8. The van der Waals surface area contributed by atoms with Gasteiger partial charge in [-0.25, -0.2) is 4.79 Å². The number of nitrogens with one attached hydrogen (secondary N) is 1. The van der Waals surface area contributed by atoms with E-state index in [-0.39, 0.29) is 5.91 Å². The average molecular weight is 372 g/mol. The molecule has 0 unspecified atom stereocenters. The van der Waals surface area contributed by atoms with Crippen LogP contribution in [-0.4, -0.2) is 28.5 Å². The third-order valence-electron chi connectivity index (χ3n) is 4.20. The SMILES string of the molecule is CC(C)(C)OC(=O)N1Cc2ccccc2C[C@@H]1C(=O)NCc1cccs1. The summed E-state index contributed by atoms with van der Waals surface area (Å²) in [5, 5.41) is 4.93. The number of ether oxygens (including phenoxy) is 1. The van der Waals surface area contributed by atoms with Crippen LogP contribution in [0.15, 0.2) is 41.8 Å². The Bertz CT molecular complexity index is 781. The van der Waals surface area contributed by atoms with E-state index in [4.69, 9.17) is 4.74 Å². The molecule has 0 radical (unpaired) electrons. The third kappa shape index (κ3) is 4.43. The van der Waals surface area contributed by atoms with Crippen molar-refractivity contribution in [2.45, 2.75) is 51.9 Å². The molecular formula is C20H24N2O3S. The van der Waals surface area contributed by atoms with E-state index in [1.165, 1.54) is 4.90 Å². The third-order valence-corrected chi connectivity index (χ3v) is 5.07. The van der Waals surface area contributed by atoms with Gasteiger partial charge in [-0.05, 0) is 43.3 Å². The summed E-state index contributed by atoms with van der Waals surface area (Å²) < 4.78 is 5.53. The highest BCUT2D eigenvalue weighted by Gasteiger charge is 2.36. The van der Waals surface area contributed by atoms with Gasteiger partial charge in [0, 0.05) is 11.3 Å². The van der Waals surface area contributed by atoms with Gasteiger partial charge in [-0.3, -0.25) is 9.69 Å². The second kappa shape index (κ2) is 7.50. The average Bonchev–Trinajstić information content (AvgIpc) is 3.10. The molecule has 1 aliphatic rings. The second-order valence-electron chi connectivity index (χ2n) is 7.39. The lowest BCUT2D eigenvalue weighted by atomic mass is 9.94. The molecule has 0 saturated heterocycles. The first-order valence-electron chi connectivity index (χ1n) is 8.70.